The van der Waals surface area contributed by atoms with Gasteiger partial charge < -0.3 is 20.4 Å². The van der Waals surface area contributed by atoms with E-state index in [9.17, 15) is 5.11 Å². The molecule has 0 heterocycles. The Kier molecular flexibility index (Phi) is 3.48. The van der Waals surface area contributed by atoms with Gasteiger partial charge in [-0.25, -0.2) is 0 Å². The maximum absolute atomic E-state index is 9.46. The molecule has 4 nitrogen and oxygen atoms in total. The second kappa shape index (κ2) is 4.41. The number of aliphatic hydroxyl groups is 4. The monoisotopic (exact) mass is 186 g/mol. The van der Waals surface area contributed by atoms with E-state index in [1.807, 2.05) is 0 Å². The van der Waals surface area contributed by atoms with Crippen LogP contribution in [0.1, 0.15) is 0 Å². The van der Waals surface area contributed by atoms with Gasteiger partial charge in [0.25, 0.3) is 0 Å². The van der Waals surface area contributed by atoms with Gasteiger partial charge in [0.2, 0.25) is 0 Å². The molecule has 0 radical (unpaired) electrons. The van der Waals surface area contributed by atoms with E-state index >= 15 is 0 Å². The van der Waals surface area contributed by atoms with Crippen molar-refractivity contribution in [3.8, 4) is 0 Å². The van der Waals surface area contributed by atoms with E-state index in [2.05, 4.69) is 0 Å². The lowest BCUT2D eigenvalue weighted by molar-refractivity contribution is 0.133. The third kappa shape index (κ3) is 1.91. The SMILES string of the molecule is O/C=C/C1C(O)C=C(CO)C1CO. The summed E-state index contributed by atoms with van der Waals surface area (Å²) in [5, 5.41) is 35.9. The van der Waals surface area contributed by atoms with E-state index in [1.54, 1.807) is 0 Å². The highest BCUT2D eigenvalue weighted by Gasteiger charge is 2.33. The first-order valence-electron chi connectivity index (χ1n) is 4.15. The van der Waals surface area contributed by atoms with Crippen LogP contribution in [0, 0.1) is 11.8 Å². The summed E-state index contributed by atoms with van der Waals surface area (Å²) < 4.78 is 0. The first kappa shape index (κ1) is 10.2. The fourth-order valence-corrected chi connectivity index (χ4v) is 1.70. The zero-order valence-electron chi connectivity index (χ0n) is 7.17. The summed E-state index contributed by atoms with van der Waals surface area (Å²) in [4.78, 5) is 0. The van der Waals surface area contributed by atoms with Crippen LogP contribution in [0.5, 0.6) is 0 Å². The smallest absolute Gasteiger partial charge is 0.0794 e. The molecule has 0 bridgehead atoms. The first-order chi connectivity index (χ1) is 6.24. The summed E-state index contributed by atoms with van der Waals surface area (Å²) >= 11 is 0. The fourth-order valence-electron chi connectivity index (χ4n) is 1.70. The Morgan fingerprint density at radius 2 is 2.08 bits per heavy atom. The van der Waals surface area contributed by atoms with Crippen molar-refractivity contribution in [1.29, 1.82) is 0 Å². The Balaban J connectivity index is 2.78. The topological polar surface area (TPSA) is 80.9 Å². The summed E-state index contributed by atoms with van der Waals surface area (Å²) in [6, 6.07) is 0. The Morgan fingerprint density at radius 3 is 2.54 bits per heavy atom. The van der Waals surface area contributed by atoms with E-state index in [-0.39, 0.29) is 25.0 Å². The van der Waals surface area contributed by atoms with Crippen molar-refractivity contribution in [3.63, 3.8) is 0 Å². The Labute approximate surface area is 76.5 Å². The van der Waals surface area contributed by atoms with Gasteiger partial charge in [-0.3, -0.25) is 0 Å². The van der Waals surface area contributed by atoms with Gasteiger partial charge >= 0.3 is 0 Å². The average molecular weight is 186 g/mol. The molecule has 0 spiro atoms. The fraction of sp³-hybridized carbons (Fsp3) is 0.556. The molecule has 0 aromatic rings. The molecule has 1 aliphatic rings. The van der Waals surface area contributed by atoms with Crippen LogP contribution in [0.15, 0.2) is 24.0 Å². The lowest BCUT2D eigenvalue weighted by Crippen LogP contribution is -2.22. The number of rotatable bonds is 3. The summed E-state index contributed by atoms with van der Waals surface area (Å²) in [6.07, 6.45) is 3.06. The summed E-state index contributed by atoms with van der Waals surface area (Å²) in [7, 11) is 0. The van der Waals surface area contributed by atoms with Crippen LogP contribution in [0.3, 0.4) is 0 Å². The molecule has 74 valence electrons. The molecule has 0 fully saturated rings. The normalized spacial score (nSPS) is 34.1. The van der Waals surface area contributed by atoms with Gasteiger partial charge in [0.1, 0.15) is 0 Å². The molecule has 3 atom stereocenters. The van der Waals surface area contributed by atoms with E-state index < -0.39 is 6.10 Å². The van der Waals surface area contributed by atoms with Crippen LogP contribution in [0.25, 0.3) is 0 Å². The third-order valence-electron chi connectivity index (χ3n) is 2.41. The second-order valence-corrected chi connectivity index (χ2v) is 3.10. The van der Waals surface area contributed by atoms with E-state index in [0.717, 1.165) is 6.26 Å². The van der Waals surface area contributed by atoms with Gasteiger partial charge in [0, 0.05) is 11.8 Å². The highest BCUT2D eigenvalue weighted by molar-refractivity contribution is 5.23. The summed E-state index contributed by atoms with van der Waals surface area (Å²) in [6.45, 7) is -0.309. The average Bonchev–Trinajstić information content (AvgIpc) is 2.44. The molecule has 0 saturated carbocycles. The molecule has 1 rings (SSSR count). The Morgan fingerprint density at radius 1 is 1.38 bits per heavy atom. The molecule has 0 aliphatic heterocycles. The van der Waals surface area contributed by atoms with E-state index in [1.165, 1.54) is 12.2 Å². The predicted molar refractivity (Wildman–Crippen MR) is 47.0 cm³/mol. The molecule has 4 heteroatoms. The molecular weight excluding hydrogens is 172 g/mol. The van der Waals surface area contributed by atoms with Gasteiger partial charge in [-0.15, -0.1) is 0 Å². The van der Waals surface area contributed by atoms with Gasteiger partial charge in [0.15, 0.2) is 0 Å². The lowest BCUT2D eigenvalue weighted by Gasteiger charge is -2.18. The molecule has 3 unspecified atom stereocenters. The summed E-state index contributed by atoms with van der Waals surface area (Å²) in [5.41, 5.74) is 0.623. The van der Waals surface area contributed by atoms with Crippen LogP contribution >= 0.6 is 0 Å². The number of hydrogen-bond acceptors (Lipinski definition) is 4. The van der Waals surface area contributed by atoms with E-state index in [0.29, 0.717) is 5.57 Å². The van der Waals surface area contributed by atoms with Gasteiger partial charge in [-0.05, 0) is 11.6 Å². The van der Waals surface area contributed by atoms with Gasteiger partial charge in [0.05, 0.1) is 25.6 Å². The van der Waals surface area contributed by atoms with Gasteiger partial charge in [-0.1, -0.05) is 6.08 Å². The van der Waals surface area contributed by atoms with E-state index in [4.69, 9.17) is 15.3 Å². The van der Waals surface area contributed by atoms with Crippen LogP contribution in [0.2, 0.25) is 0 Å². The van der Waals surface area contributed by atoms with Crippen molar-refractivity contribution in [1.82, 2.24) is 0 Å². The minimum absolute atomic E-state index is 0.140. The van der Waals surface area contributed by atoms with Gasteiger partial charge in [-0.2, -0.15) is 0 Å². The van der Waals surface area contributed by atoms with Crippen LogP contribution < -0.4 is 0 Å². The Hall–Kier alpha value is -0.840. The molecule has 1 aliphatic carbocycles. The van der Waals surface area contributed by atoms with Crippen molar-refractivity contribution in [2.24, 2.45) is 11.8 Å². The lowest BCUT2D eigenvalue weighted by atomic mass is 9.91. The largest absolute Gasteiger partial charge is 0.516 e. The van der Waals surface area contributed by atoms with Crippen molar-refractivity contribution in [2.75, 3.05) is 13.2 Å². The minimum Gasteiger partial charge on any atom is -0.516 e. The molecular formula is C9H14O4. The van der Waals surface area contributed by atoms with Crippen molar-refractivity contribution in [2.45, 2.75) is 6.10 Å². The maximum atomic E-state index is 9.46. The van der Waals surface area contributed by atoms with Crippen LogP contribution in [-0.4, -0.2) is 39.7 Å². The zero-order chi connectivity index (χ0) is 9.84. The minimum atomic E-state index is -0.734. The van der Waals surface area contributed by atoms with Crippen LogP contribution in [0.4, 0.5) is 0 Å². The molecule has 0 amide bonds. The highest BCUT2D eigenvalue weighted by Crippen LogP contribution is 2.32. The molecule has 0 aromatic heterocycles. The molecule has 13 heavy (non-hydrogen) atoms. The van der Waals surface area contributed by atoms with Crippen molar-refractivity contribution in [3.05, 3.63) is 24.0 Å². The molecule has 0 aromatic carbocycles. The van der Waals surface area contributed by atoms with Crippen molar-refractivity contribution >= 4 is 0 Å². The highest BCUT2D eigenvalue weighted by atomic mass is 16.3. The summed E-state index contributed by atoms with van der Waals surface area (Å²) in [5.74, 6) is -0.624. The Bertz CT molecular complexity index is 222. The second-order valence-electron chi connectivity index (χ2n) is 3.10. The number of aliphatic hydroxyl groups excluding tert-OH is 4. The van der Waals surface area contributed by atoms with Crippen molar-refractivity contribution < 1.29 is 20.4 Å². The molecule has 4 N–H and O–H groups in total. The predicted octanol–water partition coefficient (Wildman–Crippen LogP) is -0.424. The van der Waals surface area contributed by atoms with Crippen LogP contribution in [-0.2, 0) is 0 Å². The number of hydrogen-bond donors (Lipinski definition) is 4. The zero-order valence-corrected chi connectivity index (χ0v) is 7.17. The quantitative estimate of drug-likeness (QED) is 0.356. The first-order valence-corrected chi connectivity index (χ1v) is 4.15. The maximum Gasteiger partial charge on any atom is 0.0794 e. The standard InChI is InChI=1S/C9H14O4/c10-2-1-7-8(5-12)6(4-11)3-9(7)13/h1-3,7-13H,4-5H2/b2-1+. The third-order valence-corrected chi connectivity index (χ3v) is 2.41. The molecule has 0 saturated heterocycles.